The van der Waals surface area contributed by atoms with Crippen molar-refractivity contribution < 1.29 is 4.39 Å². The van der Waals surface area contributed by atoms with E-state index in [1.807, 2.05) is 0 Å². The molecular weight excluding hydrogens is 227 g/mol. The Hall–Kier alpha value is -1.27. The number of hydrogen-bond donors (Lipinski definition) is 1. The number of nitriles is 1. The number of rotatable bonds is 4. The smallest absolute Gasteiger partial charge is 0.124 e. The van der Waals surface area contributed by atoms with Crippen LogP contribution < -0.4 is 5.32 Å². The first-order valence-corrected chi connectivity index (χ1v) is 5.59. The summed E-state index contributed by atoms with van der Waals surface area (Å²) in [5, 5.41) is 12.2. The lowest BCUT2D eigenvalue weighted by Gasteiger charge is -2.14. The molecule has 84 valence electrons. The molecule has 1 aromatic carbocycles. The first kappa shape index (κ1) is 11.2. The zero-order valence-electron chi connectivity index (χ0n) is 8.76. The molecule has 1 aliphatic carbocycles. The van der Waals surface area contributed by atoms with Gasteiger partial charge in [-0.25, -0.2) is 4.39 Å². The van der Waals surface area contributed by atoms with E-state index in [0.717, 1.165) is 25.1 Å². The number of benzene rings is 1. The lowest BCUT2D eigenvalue weighted by atomic mass is 10.0. The van der Waals surface area contributed by atoms with E-state index in [-0.39, 0.29) is 11.2 Å². The summed E-state index contributed by atoms with van der Waals surface area (Å²) >= 11 is 5.89. The van der Waals surface area contributed by atoms with Crippen molar-refractivity contribution in [2.24, 2.45) is 5.41 Å². The molecule has 0 saturated heterocycles. The highest BCUT2D eigenvalue weighted by Gasteiger charge is 2.42. The highest BCUT2D eigenvalue weighted by atomic mass is 35.5. The molecule has 0 atom stereocenters. The Morgan fingerprint density at radius 1 is 1.50 bits per heavy atom. The van der Waals surface area contributed by atoms with Gasteiger partial charge in [0.1, 0.15) is 5.82 Å². The highest BCUT2D eigenvalue weighted by Crippen LogP contribution is 2.48. The summed E-state index contributed by atoms with van der Waals surface area (Å²) in [4.78, 5) is 0. The quantitative estimate of drug-likeness (QED) is 0.870. The van der Waals surface area contributed by atoms with Crippen molar-refractivity contribution in [1.29, 1.82) is 5.26 Å². The molecule has 4 heteroatoms. The summed E-state index contributed by atoms with van der Waals surface area (Å²) in [5.41, 5.74) is 0.846. The van der Waals surface area contributed by atoms with Crippen molar-refractivity contribution >= 4 is 17.3 Å². The summed E-state index contributed by atoms with van der Waals surface area (Å²) in [5.74, 6) is -0.339. The van der Waals surface area contributed by atoms with Crippen molar-refractivity contribution in [3.8, 4) is 6.07 Å². The molecule has 1 saturated carbocycles. The lowest BCUT2D eigenvalue weighted by Crippen LogP contribution is -2.15. The fourth-order valence-corrected chi connectivity index (χ4v) is 1.91. The maximum Gasteiger partial charge on any atom is 0.124 e. The predicted octanol–water partition coefficient (Wildman–Crippen LogP) is 3.58. The fourth-order valence-electron chi connectivity index (χ4n) is 1.68. The van der Waals surface area contributed by atoms with E-state index in [4.69, 9.17) is 16.9 Å². The van der Waals surface area contributed by atoms with Gasteiger partial charge in [-0.15, -0.1) is 0 Å². The fraction of sp³-hybridized carbons (Fsp3) is 0.417. The number of nitrogens with zero attached hydrogens (tertiary/aromatic N) is 1. The van der Waals surface area contributed by atoms with Gasteiger partial charge in [-0.3, -0.25) is 0 Å². The molecule has 0 unspecified atom stereocenters. The second-order valence-corrected chi connectivity index (χ2v) is 4.72. The average Bonchev–Trinajstić information content (AvgIpc) is 2.98. The lowest BCUT2D eigenvalue weighted by molar-refractivity contribution is 0.557. The van der Waals surface area contributed by atoms with Gasteiger partial charge in [0.25, 0.3) is 0 Å². The molecule has 2 rings (SSSR count). The highest BCUT2D eigenvalue weighted by molar-refractivity contribution is 6.33. The van der Waals surface area contributed by atoms with Crippen LogP contribution in [0.3, 0.4) is 0 Å². The summed E-state index contributed by atoms with van der Waals surface area (Å²) in [6.45, 7) is 0.728. The van der Waals surface area contributed by atoms with Gasteiger partial charge >= 0.3 is 0 Å². The van der Waals surface area contributed by atoms with E-state index >= 15 is 0 Å². The standard InChI is InChI=1S/C12H12ClFN2/c13-10-7-9(14)1-2-11(10)16-8-12(3-4-12)5-6-15/h1-2,7,16H,3-5,8H2. The van der Waals surface area contributed by atoms with Gasteiger partial charge in [-0.05, 0) is 31.0 Å². The summed E-state index contributed by atoms with van der Waals surface area (Å²) < 4.78 is 12.8. The molecule has 1 fully saturated rings. The first-order valence-electron chi connectivity index (χ1n) is 5.21. The predicted molar refractivity (Wildman–Crippen MR) is 61.8 cm³/mol. The summed E-state index contributed by atoms with van der Waals surface area (Å²) in [6.07, 6.45) is 2.72. The van der Waals surface area contributed by atoms with Crippen LogP contribution in [-0.4, -0.2) is 6.54 Å². The van der Waals surface area contributed by atoms with Gasteiger partial charge in [0.05, 0.1) is 16.8 Å². The largest absolute Gasteiger partial charge is 0.383 e. The van der Waals surface area contributed by atoms with Crippen LogP contribution in [-0.2, 0) is 0 Å². The summed E-state index contributed by atoms with van der Waals surface area (Å²) in [6, 6.07) is 6.48. The van der Waals surface area contributed by atoms with Crippen LogP contribution in [0, 0.1) is 22.6 Å². The number of anilines is 1. The molecular formula is C12H12ClFN2. The normalized spacial score (nSPS) is 16.6. The third kappa shape index (κ3) is 2.45. The topological polar surface area (TPSA) is 35.8 Å². The van der Waals surface area contributed by atoms with Crippen LogP contribution in [0.1, 0.15) is 19.3 Å². The summed E-state index contributed by atoms with van der Waals surface area (Å²) in [7, 11) is 0. The first-order chi connectivity index (χ1) is 7.65. The Labute approximate surface area is 99.0 Å². The van der Waals surface area contributed by atoms with Crippen LogP contribution in [0.15, 0.2) is 18.2 Å². The van der Waals surface area contributed by atoms with E-state index in [0.29, 0.717) is 11.4 Å². The van der Waals surface area contributed by atoms with Crippen LogP contribution >= 0.6 is 11.6 Å². The number of hydrogen-bond acceptors (Lipinski definition) is 2. The Kier molecular flexibility index (Phi) is 3.02. The Bertz CT molecular complexity index is 435. The van der Waals surface area contributed by atoms with E-state index < -0.39 is 0 Å². The van der Waals surface area contributed by atoms with E-state index in [1.54, 1.807) is 6.07 Å². The van der Waals surface area contributed by atoms with Crippen LogP contribution in [0.4, 0.5) is 10.1 Å². The molecule has 0 aromatic heterocycles. The Morgan fingerprint density at radius 2 is 2.25 bits per heavy atom. The maximum absolute atomic E-state index is 12.8. The Morgan fingerprint density at radius 3 is 2.81 bits per heavy atom. The van der Waals surface area contributed by atoms with Crippen molar-refractivity contribution in [2.75, 3.05) is 11.9 Å². The van der Waals surface area contributed by atoms with E-state index in [9.17, 15) is 4.39 Å². The van der Waals surface area contributed by atoms with Crippen molar-refractivity contribution in [1.82, 2.24) is 0 Å². The van der Waals surface area contributed by atoms with Crippen LogP contribution in [0.2, 0.25) is 5.02 Å². The Balaban J connectivity index is 1.98. The minimum atomic E-state index is -0.339. The molecule has 1 aliphatic rings. The molecule has 0 radical (unpaired) electrons. The van der Waals surface area contributed by atoms with Gasteiger partial charge in [0.15, 0.2) is 0 Å². The minimum absolute atomic E-state index is 0.118. The van der Waals surface area contributed by atoms with E-state index in [2.05, 4.69) is 11.4 Å². The van der Waals surface area contributed by atoms with Crippen molar-refractivity contribution in [3.63, 3.8) is 0 Å². The van der Waals surface area contributed by atoms with Gasteiger partial charge in [-0.2, -0.15) is 5.26 Å². The van der Waals surface area contributed by atoms with Gasteiger partial charge in [0, 0.05) is 18.4 Å². The van der Waals surface area contributed by atoms with Crippen LogP contribution in [0.25, 0.3) is 0 Å². The molecule has 2 nitrogen and oxygen atoms in total. The molecule has 0 spiro atoms. The van der Waals surface area contributed by atoms with Crippen LogP contribution in [0.5, 0.6) is 0 Å². The minimum Gasteiger partial charge on any atom is -0.383 e. The third-order valence-electron chi connectivity index (χ3n) is 3.00. The van der Waals surface area contributed by atoms with Gasteiger partial charge in [-0.1, -0.05) is 11.6 Å². The van der Waals surface area contributed by atoms with E-state index in [1.165, 1.54) is 12.1 Å². The molecule has 0 bridgehead atoms. The zero-order valence-corrected chi connectivity index (χ0v) is 9.52. The molecule has 1 aromatic rings. The molecule has 0 aliphatic heterocycles. The molecule has 0 amide bonds. The molecule has 16 heavy (non-hydrogen) atoms. The van der Waals surface area contributed by atoms with Gasteiger partial charge < -0.3 is 5.32 Å². The number of nitrogens with one attached hydrogen (secondary N) is 1. The number of halogens is 2. The third-order valence-corrected chi connectivity index (χ3v) is 3.31. The maximum atomic E-state index is 12.8. The second kappa shape index (κ2) is 4.31. The average molecular weight is 239 g/mol. The van der Waals surface area contributed by atoms with Gasteiger partial charge in [0.2, 0.25) is 0 Å². The molecule has 1 N–H and O–H groups in total. The monoisotopic (exact) mass is 238 g/mol. The second-order valence-electron chi connectivity index (χ2n) is 4.31. The van der Waals surface area contributed by atoms with Crippen molar-refractivity contribution in [3.05, 3.63) is 29.0 Å². The SMILES string of the molecule is N#CCC1(CNc2ccc(F)cc2Cl)CC1. The zero-order chi connectivity index (χ0) is 11.6. The van der Waals surface area contributed by atoms with Crippen molar-refractivity contribution in [2.45, 2.75) is 19.3 Å². The molecule has 0 heterocycles.